The van der Waals surface area contributed by atoms with Crippen LogP contribution in [0.2, 0.25) is 0 Å². The van der Waals surface area contributed by atoms with Crippen LogP contribution in [0, 0.1) is 0 Å². The van der Waals surface area contributed by atoms with Crippen molar-refractivity contribution in [2.45, 2.75) is 18.4 Å². The first-order chi connectivity index (χ1) is 5.78. The summed E-state index contributed by atoms with van der Waals surface area (Å²) in [4.78, 5) is 30.0. The molecule has 0 aromatic carbocycles. The molecule has 0 rings (SSSR count). The minimum atomic E-state index is -2.97. The maximum absolute atomic E-state index is 10.1. The second kappa shape index (κ2) is 9.07. The fourth-order valence-electron chi connectivity index (χ4n) is 0.684. The zero-order chi connectivity index (χ0) is 10.6. The Kier molecular flexibility index (Phi) is 13.7. The molecule has 0 saturated carbocycles. The van der Waals surface area contributed by atoms with Crippen LogP contribution in [0.4, 0.5) is 0 Å². The second-order valence-electron chi connectivity index (χ2n) is 2.42. The van der Waals surface area contributed by atoms with Gasteiger partial charge in [0, 0.05) is 41.8 Å². The summed E-state index contributed by atoms with van der Waals surface area (Å²) in [6, 6.07) is 0. The number of carboxylic acids is 3. The van der Waals surface area contributed by atoms with Crippen molar-refractivity contribution in [1.82, 2.24) is 12.3 Å². The van der Waals surface area contributed by atoms with Crippen molar-refractivity contribution in [1.29, 1.82) is 0 Å². The Morgan fingerprint density at radius 1 is 0.938 bits per heavy atom. The van der Waals surface area contributed by atoms with Crippen molar-refractivity contribution in [2.75, 3.05) is 0 Å². The number of rotatable bonds is 5. The number of carboxylic acid groups (broad SMARTS) is 3. The van der Waals surface area contributed by atoms with E-state index in [2.05, 4.69) is 0 Å². The molecule has 0 unspecified atom stereocenters. The van der Waals surface area contributed by atoms with Crippen LogP contribution in [0.5, 0.6) is 0 Å². The predicted octanol–water partition coefficient (Wildman–Crippen LogP) is -4.50. The molecule has 0 aliphatic carbocycles. The second-order valence-corrected chi connectivity index (χ2v) is 2.42. The molecular formula is C6H13FeN2O7-. The number of aliphatic hydroxyl groups is 1. The molecule has 0 spiro atoms. The van der Waals surface area contributed by atoms with Gasteiger partial charge in [-0.3, -0.25) is 0 Å². The van der Waals surface area contributed by atoms with Gasteiger partial charge in [0.25, 0.3) is 0 Å². The molecule has 9 N–H and O–H groups in total. The molecule has 98 valence electrons. The number of quaternary nitrogens is 2. The number of hydrogen-bond acceptors (Lipinski definition) is 7. The van der Waals surface area contributed by atoms with Gasteiger partial charge in [0.15, 0.2) is 0 Å². The predicted molar refractivity (Wildman–Crippen MR) is 41.2 cm³/mol. The maximum atomic E-state index is 10.1. The summed E-state index contributed by atoms with van der Waals surface area (Å²) in [5.74, 6) is -5.98. The number of hydrogen-bond donors (Lipinski definition) is 3. The van der Waals surface area contributed by atoms with Crippen LogP contribution >= 0.6 is 0 Å². The Labute approximate surface area is 101 Å². The standard InChI is InChI=1S/C6H8O7.Fe.2H3N/c7-3(8)1-6(13,5(11)12)2-4(9)10;;;/h13H,1-2H2,(H,7,8)(H,9,10)(H,11,12);;2*1H3/p-1. The van der Waals surface area contributed by atoms with Crippen LogP contribution in [0.15, 0.2) is 0 Å². The monoisotopic (exact) mass is 281 g/mol. The molecule has 0 saturated heterocycles. The normalized spacial score (nSPS) is 8.81. The van der Waals surface area contributed by atoms with E-state index in [9.17, 15) is 29.7 Å². The fraction of sp³-hybridized carbons (Fsp3) is 0.500. The number of aliphatic carboxylic acids is 3. The molecule has 0 aromatic rings. The summed E-state index contributed by atoms with van der Waals surface area (Å²) in [5.41, 5.74) is -2.97. The summed E-state index contributed by atoms with van der Waals surface area (Å²) >= 11 is 0. The Morgan fingerprint density at radius 3 is 1.31 bits per heavy atom. The van der Waals surface area contributed by atoms with E-state index in [0.717, 1.165) is 0 Å². The van der Waals surface area contributed by atoms with Crippen LogP contribution < -0.4 is 27.6 Å². The van der Waals surface area contributed by atoms with Crippen molar-refractivity contribution >= 4 is 17.9 Å². The first-order valence-electron chi connectivity index (χ1n) is 3.11. The van der Waals surface area contributed by atoms with Crippen molar-refractivity contribution in [3.05, 3.63) is 0 Å². The number of carbonyl (C=O) groups excluding carboxylic acids is 3. The van der Waals surface area contributed by atoms with Gasteiger partial charge in [-0.2, -0.15) is 0 Å². The van der Waals surface area contributed by atoms with Gasteiger partial charge in [0.2, 0.25) is 0 Å². The van der Waals surface area contributed by atoms with Gasteiger partial charge in [-0.05, 0) is 0 Å². The maximum Gasteiger partial charge on any atom is 0.114 e. The molecule has 0 radical (unpaired) electrons. The van der Waals surface area contributed by atoms with Crippen molar-refractivity contribution in [3.8, 4) is 0 Å². The van der Waals surface area contributed by atoms with Gasteiger partial charge in [0.05, 0.1) is 5.97 Å². The van der Waals surface area contributed by atoms with E-state index in [0.29, 0.717) is 0 Å². The van der Waals surface area contributed by atoms with Crippen LogP contribution in [0.3, 0.4) is 0 Å². The Balaban J connectivity index is -0.000000240. The van der Waals surface area contributed by atoms with E-state index in [4.69, 9.17) is 5.11 Å². The van der Waals surface area contributed by atoms with Gasteiger partial charge in [0.1, 0.15) is 5.60 Å². The fourth-order valence-corrected chi connectivity index (χ4v) is 0.684. The van der Waals surface area contributed by atoms with Gasteiger partial charge in [-0.1, -0.05) is 0 Å². The Hall–Kier alpha value is -1.19. The molecular weight excluding hydrogens is 268 g/mol. The SMILES string of the molecule is O=C([O-])CC(O)(CC(=O)[O-])C(=O)[O-].[Fe].[NH4+].[NH4+]. The Morgan fingerprint density at radius 2 is 1.19 bits per heavy atom. The van der Waals surface area contributed by atoms with Gasteiger partial charge < -0.3 is 47.1 Å². The molecule has 0 heterocycles. The minimum Gasteiger partial charge on any atom is -0.550 e. The summed E-state index contributed by atoms with van der Waals surface area (Å²) in [5, 5.41) is 38.9. The molecule has 0 aromatic heterocycles. The van der Waals surface area contributed by atoms with Gasteiger partial charge >= 0.3 is 0 Å². The van der Waals surface area contributed by atoms with Crippen LogP contribution in [0.1, 0.15) is 12.8 Å². The third kappa shape index (κ3) is 8.15. The zero-order valence-corrected chi connectivity index (χ0v) is 9.77. The molecule has 0 bridgehead atoms. The molecule has 0 fully saturated rings. The minimum absolute atomic E-state index is 0. The first-order valence-corrected chi connectivity index (χ1v) is 3.11. The summed E-state index contributed by atoms with van der Waals surface area (Å²) < 4.78 is 0. The summed E-state index contributed by atoms with van der Waals surface area (Å²) in [6.45, 7) is 0. The molecule has 16 heavy (non-hydrogen) atoms. The topological polar surface area (TPSA) is 214 Å². The summed E-state index contributed by atoms with van der Waals surface area (Å²) in [6.07, 6.45) is -2.72. The van der Waals surface area contributed by atoms with Gasteiger partial charge in [-0.15, -0.1) is 0 Å². The van der Waals surface area contributed by atoms with Crippen molar-refractivity contribution in [2.24, 2.45) is 0 Å². The summed E-state index contributed by atoms with van der Waals surface area (Å²) in [7, 11) is 0. The molecule has 0 aliphatic rings. The van der Waals surface area contributed by atoms with E-state index in [1.54, 1.807) is 0 Å². The van der Waals surface area contributed by atoms with Crippen LogP contribution in [-0.4, -0.2) is 28.6 Å². The van der Waals surface area contributed by atoms with Crippen LogP contribution in [0.25, 0.3) is 0 Å². The van der Waals surface area contributed by atoms with E-state index in [1.807, 2.05) is 0 Å². The molecule has 0 atom stereocenters. The average molecular weight is 281 g/mol. The first kappa shape index (κ1) is 24.2. The quantitative estimate of drug-likeness (QED) is 0.419. The third-order valence-corrected chi connectivity index (χ3v) is 1.25. The van der Waals surface area contributed by atoms with E-state index in [1.165, 1.54) is 0 Å². The smallest absolute Gasteiger partial charge is 0.114 e. The van der Waals surface area contributed by atoms with Crippen molar-refractivity contribution in [3.63, 3.8) is 0 Å². The molecule has 9 nitrogen and oxygen atoms in total. The van der Waals surface area contributed by atoms with Crippen LogP contribution in [-0.2, 0) is 31.5 Å². The van der Waals surface area contributed by atoms with Gasteiger partial charge in [-0.25, -0.2) is 0 Å². The van der Waals surface area contributed by atoms with E-state index in [-0.39, 0.29) is 29.4 Å². The largest absolute Gasteiger partial charge is 0.550 e. The average Bonchev–Trinajstić information content (AvgIpc) is 1.82. The van der Waals surface area contributed by atoms with E-state index >= 15 is 0 Å². The third-order valence-electron chi connectivity index (χ3n) is 1.25. The van der Waals surface area contributed by atoms with E-state index < -0.39 is 36.4 Å². The molecule has 0 amide bonds. The Bertz CT molecular complexity index is 241. The van der Waals surface area contributed by atoms with Crippen molar-refractivity contribution < 1.29 is 51.9 Å². The zero-order valence-electron chi connectivity index (χ0n) is 8.66. The molecule has 10 heteroatoms. The molecule has 0 aliphatic heterocycles. The number of carbonyl (C=O) groups is 3.